The highest BCUT2D eigenvalue weighted by Gasteiger charge is 2.31. The van der Waals surface area contributed by atoms with Crippen LogP contribution in [0.25, 0.3) is 0 Å². The SMILES string of the molecule is CC(C)Oc1ccc2c(c1)C(c1cc(N3CCN(C(=O)C4CCCO4)CC3)ncn1)=NC2. The van der Waals surface area contributed by atoms with E-state index in [2.05, 4.69) is 27.0 Å². The molecule has 168 valence electrons. The molecule has 3 aliphatic rings. The lowest BCUT2D eigenvalue weighted by molar-refractivity contribution is -0.141. The van der Waals surface area contributed by atoms with E-state index in [9.17, 15) is 4.79 Å². The molecular formula is C24H29N5O3. The normalized spacial score (nSPS) is 20.5. The third-order valence-corrected chi connectivity index (χ3v) is 6.13. The van der Waals surface area contributed by atoms with Gasteiger partial charge in [0.2, 0.25) is 0 Å². The molecule has 1 atom stereocenters. The minimum atomic E-state index is -0.253. The first kappa shape index (κ1) is 20.9. The zero-order chi connectivity index (χ0) is 22.1. The lowest BCUT2D eigenvalue weighted by Crippen LogP contribution is -2.51. The van der Waals surface area contributed by atoms with Crippen molar-refractivity contribution in [3.63, 3.8) is 0 Å². The molecule has 2 aromatic rings. The summed E-state index contributed by atoms with van der Waals surface area (Å²) < 4.78 is 11.4. The van der Waals surface area contributed by atoms with E-state index in [1.165, 1.54) is 5.56 Å². The molecule has 0 radical (unpaired) electrons. The van der Waals surface area contributed by atoms with Gasteiger partial charge in [-0.15, -0.1) is 0 Å². The fourth-order valence-corrected chi connectivity index (χ4v) is 4.51. The largest absolute Gasteiger partial charge is 0.491 e. The second-order valence-corrected chi connectivity index (χ2v) is 8.73. The van der Waals surface area contributed by atoms with Crippen LogP contribution in [0.3, 0.4) is 0 Å². The number of fused-ring (bicyclic) bond motifs is 1. The monoisotopic (exact) mass is 435 g/mol. The van der Waals surface area contributed by atoms with Crippen molar-refractivity contribution >= 4 is 17.4 Å². The van der Waals surface area contributed by atoms with Crippen LogP contribution in [0.15, 0.2) is 35.6 Å². The second-order valence-electron chi connectivity index (χ2n) is 8.73. The average molecular weight is 436 g/mol. The smallest absolute Gasteiger partial charge is 0.251 e. The van der Waals surface area contributed by atoms with Crippen molar-refractivity contribution in [2.24, 2.45) is 4.99 Å². The third-order valence-electron chi connectivity index (χ3n) is 6.13. The minimum absolute atomic E-state index is 0.117. The van der Waals surface area contributed by atoms with Gasteiger partial charge in [-0.2, -0.15) is 0 Å². The van der Waals surface area contributed by atoms with E-state index < -0.39 is 0 Å². The molecule has 1 aromatic carbocycles. The van der Waals surface area contributed by atoms with Crippen molar-refractivity contribution < 1.29 is 14.3 Å². The Balaban J connectivity index is 1.29. The van der Waals surface area contributed by atoms with E-state index in [-0.39, 0.29) is 18.1 Å². The molecule has 3 aliphatic heterocycles. The molecule has 5 rings (SSSR count). The summed E-state index contributed by atoms with van der Waals surface area (Å²) >= 11 is 0. The van der Waals surface area contributed by atoms with E-state index in [1.54, 1.807) is 6.33 Å². The fourth-order valence-electron chi connectivity index (χ4n) is 4.51. The number of nitrogens with zero attached hydrogens (tertiary/aromatic N) is 5. The number of aromatic nitrogens is 2. The summed E-state index contributed by atoms with van der Waals surface area (Å²) in [6.07, 6.45) is 3.27. The van der Waals surface area contributed by atoms with Crippen LogP contribution in [-0.4, -0.2) is 71.5 Å². The van der Waals surface area contributed by atoms with Crippen molar-refractivity contribution in [1.82, 2.24) is 14.9 Å². The number of rotatable bonds is 5. The number of amides is 1. The Kier molecular flexibility index (Phi) is 5.78. The molecule has 0 N–H and O–H groups in total. The third kappa shape index (κ3) is 4.19. The molecular weight excluding hydrogens is 406 g/mol. The molecule has 8 nitrogen and oxygen atoms in total. The summed E-state index contributed by atoms with van der Waals surface area (Å²) in [4.78, 5) is 30.5. The number of hydrogen-bond acceptors (Lipinski definition) is 7. The van der Waals surface area contributed by atoms with Gasteiger partial charge in [-0.05, 0) is 44.4 Å². The first-order chi connectivity index (χ1) is 15.6. The zero-order valence-corrected chi connectivity index (χ0v) is 18.7. The lowest BCUT2D eigenvalue weighted by Gasteiger charge is -2.36. The number of anilines is 1. The number of carbonyl (C=O) groups is 1. The summed E-state index contributed by atoms with van der Waals surface area (Å²) in [5.74, 6) is 1.83. The fraction of sp³-hybridized carbons (Fsp3) is 0.500. The quantitative estimate of drug-likeness (QED) is 0.718. The predicted octanol–water partition coefficient (Wildman–Crippen LogP) is 2.44. The molecule has 0 saturated carbocycles. The maximum Gasteiger partial charge on any atom is 0.251 e. The van der Waals surface area contributed by atoms with Gasteiger partial charge in [-0.1, -0.05) is 6.07 Å². The van der Waals surface area contributed by atoms with Gasteiger partial charge in [0.1, 0.15) is 24.0 Å². The van der Waals surface area contributed by atoms with Gasteiger partial charge >= 0.3 is 0 Å². The van der Waals surface area contributed by atoms with Crippen LogP contribution in [0.1, 0.15) is 43.5 Å². The summed E-state index contributed by atoms with van der Waals surface area (Å²) in [6, 6.07) is 8.13. The number of carbonyl (C=O) groups excluding carboxylic acids is 1. The Bertz CT molecular complexity index is 1020. The molecule has 8 heteroatoms. The van der Waals surface area contributed by atoms with Crippen LogP contribution in [0.5, 0.6) is 5.75 Å². The number of benzene rings is 1. The number of ether oxygens (including phenoxy) is 2. The van der Waals surface area contributed by atoms with E-state index in [4.69, 9.17) is 14.5 Å². The second kappa shape index (κ2) is 8.86. The maximum absolute atomic E-state index is 12.6. The molecule has 2 fully saturated rings. The van der Waals surface area contributed by atoms with Gasteiger partial charge in [0.05, 0.1) is 24.1 Å². The van der Waals surface area contributed by atoms with Crippen molar-refractivity contribution in [3.8, 4) is 5.75 Å². The van der Waals surface area contributed by atoms with E-state index in [0.717, 1.165) is 54.5 Å². The Labute approximate surface area is 188 Å². The molecule has 4 heterocycles. The highest BCUT2D eigenvalue weighted by atomic mass is 16.5. The molecule has 2 saturated heterocycles. The van der Waals surface area contributed by atoms with Crippen LogP contribution < -0.4 is 9.64 Å². The number of hydrogen-bond donors (Lipinski definition) is 0. The first-order valence-electron chi connectivity index (χ1n) is 11.4. The van der Waals surface area contributed by atoms with Gasteiger partial charge in [-0.25, -0.2) is 9.97 Å². The summed E-state index contributed by atoms with van der Waals surface area (Å²) in [6.45, 7) is 8.22. The highest BCUT2D eigenvalue weighted by molar-refractivity contribution is 6.14. The predicted molar refractivity (Wildman–Crippen MR) is 121 cm³/mol. The molecule has 0 spiro atoms. The van der Waals surface area contributed by atoms with Crippen molar-refractivity contribution in [2.75, 3.05) is 37.7 Å². The van der Waals surface area contributed by atoms with Gasteiger partial charge in [-0.3, -0.25) is 9.79 Å². The van der Waals surface area contributed by atoms with Gasteiger partial charge in [0, 0.05) is 44.4 Å². The Morgan fingerprint density at radius 3 is 2.75 bits per heavy atom. The molecule has 32 heavy (non-hydrogen) atoms. The van der Waals surface area contributed by atoms with Crippen LogP contribution in [0, 0.1) is 0 Å². The Morgan fingerprint density at radius 1 is 1.16 bits per heavy atom. The van der Waals surface area contributed by atoms with Crippen molar-refractivity contribution in [2.45, 2.75) is 45.4 Å². The number of aliphatic imine (C=N–C) groups is 1. The van der Waals surface area contributed by atoms with Gasteiger partial charge in [0.25, 0.3) is 5.91 Å². The molecule has 0 bridgehead atoms. The zero-order valence-electron chi connectivity index (χ0n) is 18.7. The summed E-state index contributed by atoms with van der Waals surface area (Å²) in [5.41, 5.74) is 3.94. The van der Waals surface area contributed by atoms with Gasteiger partial charge < -0.3 is 19.3 Å². The summed E-state index contributed by atoms with van der Waals surface area (Å²) in [5, 5.41) is 0. The topological polar surface area (TPSA) is 80.2 Å². The molecule has 1 amide bonds. The van der Waals surface area contributed by atoms with Crippen LogP contribution in [-0.2, 0) is 16.1 Å². The number of piperazine rings is 1. The molecule has 1 unspecified atom stereocenters. The van der Waals surface area contributed by atoms with E-state index in [0.29, 0.717) is 26.2 Å². The standard InChI is InChI=1S/C24H29N5O3/c1-16(2)32-18-6-5-17-14-25-23(19(17)12-18)20-13-22(27-15-26-20)28-7-9-29(10-8-28)24(30)21-4-3-11-31-21/h5-6,12-13,15-16,21H,3-4,7-11,14H2,1-2H3. The van der Waals surface area contributed by atoms with E-state index in [1.807, 2.05) is 30.9 Å². The Hall–Kier alpha value is -3.00. The lowest BCUT2D eigenvalue weighted by atomic mass is 10.0. The molecule has 1 aromatic heterocycles. The maximum atomic E-state index is 12.6. The van der Waals surface area contributed by atoms with Crippen molar-refractivity contribution in [3.05, 3.63) is 47.4 Å². The van der Waals surface area contributed by atoms with Crippen molar-refractivity contribution in [1.29, 1.82) is 0 Å². The first-order valence-corrected chi connectivity index (χ1v) is 11.4. The highest BCUT2D eigenvalue weighted by Crippen LogP contribution is 2.28. The van der Waals surface area contributed by atoms with Crippen LogP contribution >= 0.6 is 0 Å². The molecule has 0 aliphatic carbocycles. The average Bonchev–Trinajstić information content (AvgIpc) is 3.49. The minimum Gasteiger partial charge on any atom is -0.491 e. The van der Waals surface area contributed by atoms with Crippen LogP contribution in [0.2, 0.25) is 0 Å². The Morgan fingerprint density at radius 2 is 2.00 bits per heavy atom. The van der Waals surface area contributed by atoms with Crippen LogP contribution in [0.4, 0.5) is 5.82 Å². The summed E-state index contributed by atoms with van der Waals surface area (Å²) in [7, 11) is 0. The van der Waals surface area contributed by atoms with E-state index >= 15 is 0 Å². The van der Waals surface area contributed by atoms with Gasteiger partial charge in [0.15, 0.2) is 0 Å².